The summed E-state index contributed by atoms with van der Waals surface area (Å²) in [7, 11) is 0. The van der Waals surface area contributed by atoms with Gasteiger partial charge in [0.25, 0.3) is 0 Å². The smallest absolute Gasteiger partial charge is 0.339 e. The van der Waals surface area contributed by atoms with Gasteiger partial charge in [0.1, 0.15) is 34.5 Å². The third-order valence-corrected chi connectivity index (χ3v) is 5.73. The number of rotatable bonds is 4. The van der Waals surface area contributed by atoms with Crippen molar-refractivity contribution < 1.29 is 44.6 Å². The Morgan fingerprint density at radius 3 is 2.24 bits per heavy atom. The highest BCUT2D eigenvalue weighted by atomic mass is 16.4. The lowest BCUT2D eigenvalue weighted by atomic mass is 9.68. The van der Waals surface area contributed by atoms with E-state index in [1.807, 2.05) is 0 Å². The Balaban J connectivity index is 1.90. The predicted octanol–water partition coefficient (Wildman–Crippen LogP) is 2.06. The molecule has 1 heterocycles. The highest BCUT2D eigenvalue weighted by molar-refractivity contribution is 6.11. The van der Waals surface area contributed by atoms with Gasteiger partial charge >= 0.3 is 5.63 Å². The average Bonchev–Trinajstić information content (AvgIpc) is 2.64. The number of carbonyl (C=O) groups excluding carboxylic acids is 2. The lowest BCUT2D eigenvalue weighted by Gasteiger charge is -2.37. The first-order chi connectivity index (χ1) is 15.9. The Morgan fingerprint density at radius 2 is 1.56 bits per heavy atom. The molecular formula is C24H20O10. The van der Waals surface area contributed by atoms with Gasteiger partial charge in [0.2, 0.25) is 0 Å². The second kappa shape index (κ2) is 7.92. The first-order valence-electron chi connectivity index (χ1n) is 10.1. The molecule has 0 fully saturated rings. The number of hydrogen-bond donors (Lipinski definition) is 6. The van der Waals surface area contributed by atoms with Gasteiger partial charge in [-0.2, -0.15) is 0 Å². The topological polar surface area (TPSA) is 186 Å². The zero-order chi connectivity index (χ0) is 24.9. The minimum absolute atomic E-state index is 0.00475. The molecule has 2 aromatic carbocycles. The Kier molecular flexibility index (Phi) is 5.33. The quantitative estimate of drug-likeness (QED) is 0.310. The van der Waals surface area contributed by atoms with Gasteiger partial charge in [-0.05, 0) is 30.2 Å². The molecule has 0 unspecified atom stereocenters. The summed E-state index contributed by atoms with van der Waals surface area (Å²) in [4.78, 5) is 37.9. The lowest BCUT2D eigenvalue weighted by molar-refractivity contribution is 0.0190. The molecule has 2 atom stereocenters. The Morgan fingerprint density at radius 1 is 0.941 bits per heavy atom. The van der Waals surface area contributed by atoms with E-state index in [0.717, 1.165) is 36.4 Å². The van der Waals surface area contributed by atoms with Gasteiger partial charge in [0, 0.05) is 31.0 Å². The number of Topliss-reactive ketones (excluding diaryl/α,β-unsaturated/α-hetero) is 2. The fourth-order valence-corrected chi connectivity index (χ4v) is 4.47. The zero-order valence-electron chi connectivity index (χ0n) is 17.8. The predicted molar refractivity (Wildman–Crippen MR) is 116 cm³/mol. The van der Waals surface area contributed by atoms with Crippen LogP contribution >= 0.6 is 0 Å². The molecule has 1 aliphatic rings. The molecule has 10 nitrogen and oxygen atoms in total. The van der Waals surface area contributed by atoms with Crippen LogP contribution in [0, 0.1) is 0 Å². The van der Waals surface area contributed by atoms with Crippen LogP contribution in [0.1, 0.15) is 56.9 Å². The second-order valence-electron chi connectivity index (χ2n) is 8.46. The fraction of sp³-hybridized carbons (Fsp3) is 0.208. The summed E-state index contributed by atoms with van der Waals surface area (Å²) in [5, 5.41) is 61.5. The van der Waals surface area contributed by atoms with Crippen molar-refractivity contribution in [3.05, 3.63) is 74.8 Å². The van der Waals surface area contributed by atoms with Crippen LogP contribution in [0.25, 0.3) is 0 Å². The number of phenolic OH excluding ortho intramolecular Hbond substituents is 4. The molecule has 6 N–H and O–H groups in total. The third-order valence-electron chi connectivity index (χ3n) is 5.73. The van der Waals surface area contributed by atoms with Crippen molar-refractivity contribution in [2.75, 3.05) is 0 Å². The average molecular weight is 468 g/mol. The molecule has 176 valence electrons. The summed E-state index contributed by atoms with van der Waals surface area (Å²) in [5.41, 5.74) is -3.54. The minimum Gasteiger partial charge on any atom is -0.508 e. The van der Waals surface area contributed by atoms with Crippen LogP contribution < -0.4 is 5.63 Å². The molecule has 1 aromatic heterocycles. The number of aromatic hydroxyl groups is 5. The maximum atomic E-state index is 13.8. The standard InChI is InChI=1S/C24H20O10/c1-24(33)9-18(30)21-15(5-13(27)7-17(21)29)22(24)23(32)20-10(2-11(25)6-16(20)28)3-14-4-12(26)8-19(31)34-14/h2,4-8,22,25-29,33H,3,9H2,1H3/t22-,24-/m1/s1. The maximum Gasteiger partial charge on any atom is 0.339 e. The van der Waals surface area contributed by atoms with Crippen molar-refractivity contribution in [2.45, 2.75) is 31.3 Å². The van der Waals surface area contributed by atoms with E-state index in [9.17, 15) is 45.0 Å². The summed E-state index contributed by atoms with van der Waals surface area (Å²) < 4.78 is 5.01. The van der Waals surface area contributed by atoms with Crippen molar-refractivity contribution in [3.63, 3.8) is 0 Å². The Bertz CT molecular complexity index is 1400. The maximum absolute atomic E-state index is 13.8. The van der Waals surface area contributed by atoms with E-state index in [1.165, 1.54) is 6.92 Å². The monoisotopic (exact) mass is 468 g/mol. The highest BCUT2D eigenvalue weighted by Crippen LogP contribution is 2.47. The summed E-state index contributed by atoms with van der Waals surface area (Å²) in [6.07, 6.45) is -0.830. The SMILES string of the molecule is C[C@@]1(O)CC(=O)c2c(O)cc(O)cc2[C@@H]1C(=O)c1c(O)cc(O)cc1Cc1cc(O)cc(=O)o1. The van der Waals surface area contributed by atoms with Crippen molar-refractivity contribution in [3.8, 4) is 28.7 Å². The summed E-state index contributed by atoms with van der Waals surface area (Å²) >= 11 is 0. The molecule has 0 radical (unpaired) electrons. The number of phenols is 4. The summed E-state index contributed by atoms with van der Waals surface area (Å²) in [5.74, 6) is -5.56. The lowest BCUT2D eigenvalue weighted by Crippen LogP contribution is -2.44. The summed E-state index contributed by atoms with van der Waals surface area (Å²) in [6, 6.07) is 6.01. The van der Waals surface area contributed by atoms with Crippen LogP contribution in [0.3, 0.4) is 0 Å². The zero-order valence-corrected chi connectivity index (χ0v) is 17.8. The number of hydrogen-bond acceptors (Lipinski definition) is 10. The van der Waals surface area contributed by atoms with Gasteiger partial charge in [-0.25, -0.2) is 4.79 Å². The van der Waals surface area contributed by atoms with Crippen molar-refractivity contribution in [1.82, 2.24) is 0 Å². The number of benzene rings is 2. The van der Waals surface area contributed by atoms with Crippen LogP contribution in [-0.2, 0) is 6.42 Å². The molecular weight excluding hydrogens is 448 g/mol. The van der Waals surface area contributed by atoms with E-state index in [2.05, 4.69) is 0 Å². The molecule has 0 saturated carbocycles. The van der Waals surface area contributed by atoms with E-state index in [0.29, 0.717) is 0 Å². The van der Waals surface area contributed by atoms with Crippen LogP contribution in [0.2, 0.25) is 0 Å². The van der Waals surface area contributed by atoms with Gasteiger partial charge in [-0.3, -0.25) is 9.59 Å². The molecule has 0 amide bonds. The van der Waals surface area contributed by atoms with E-state index in [1.54, 1.807) is 0 Å². The van der Waals surface area contributed by atoms with Gasteiger partial charge in [-0.15, -0.1) is 0 Å². The van der Waals surface area contributed by atoms with Crippen molar-refractivity contribution in [2.24, 2.45) is 0 Å². The highest BCUT2D eigenvalue weighted by Gasteiger charge is 2.48. The van der Waals surface area contributed by atoms with E-state index in [-0.39, 0.29) is 34.4 Å². The van der Waals surface area contributed by atoms with Crippen LogP contribution in [0.5, 0.6) is 28.7 Å². The first-order valence-corrected chi connectivity index (χ1v) is 10.1. The van der Waals surface area contributed by atoms with Crippen LogP contribution in [-0.4, -0.2) is 47.8 Å². The second-order valence-corrected chi connectivity index (χ2v) is 8.46. The Hall–Kier alpha value is -4.31. The van der Waals surface area contributed by atoms with E-state index in [4.69, 9.17) is 4.42 Å². The van der Waals surface area contributed by atoms with E-state index >= 15 is 0 Å². The molecule has 4 rings (SSSR count). The fourth-order valence-electron chi connectivity index (χ4n) is 4.47. The van der Waals surface area contributed by atoms with Gasteiger partial charge in [0.15, 0.2) is 11.6 Å². The van der Waals surface area contributed by atoms with Crippen molar-refractivity contribution >= 4 is 11.6 Å². The van der Waals surface area contributed by atoms with Crippen molar-refractivity contribution in [1.29, 1.82) is 0 Å². The summed E-state index contributed by atoms with van der Waals surface area (Å²) in [6.45, 7) is 1.24. The molecule has 1 aliphatic carbocycles. The minimum atomic E-state index is -1.96. The van der Waals surface area contributed by atoms with Crippen LogP contribution in [0.15, 0.2) is 45.6 Å². The number of carbonyl (C=O) groups is 2. The number of ketones is 2. The molecule has 3 aromatic rings. The first kappa shape index (κ1) is 22.9. The number of fused-ring (bicyclic) bond motifs is 1. The van der Waals surface area contributed by atoms with E-state index < -0.39 is 63.9 Å². The van der Waals surface area contributed by atoms with Crippen LogP contribution in [0.4, 0.5) is 0 Å². The molecule has 34 heavy (non-hydrogen) atoms. The molecule has 10 heteroatoms. The normalized spacial score (nSPS) is 19.6. The van der Waals surface area contributed by atoms with Gasteiger partial charge < -0.3 is 35.1 Å². The Labute approximate surface area is 191 Å². The third kappa shape index (κ3) is 3.95. The molecule has 0 bridgehead atoms. The largest absolute Gasteiger partial charge is 0.508 e. The molecule has 0 aliphatic heterocycles. The molecule has 0 saturated heterocycles. The molecule has 0 spiro atoms. The van der Waals surface area contributed by atoms with Gasteiger partial charge in [-0.1, -0.05) is 0 Å². The van der Waals surface area contributed by atoms with Gasteiger partial charge in [0.05, 0.1) is 28.7 Å². The number of aliphatic hydroxyl groups is 1.